The molecule has 53 nitrogen and oxygen atoms in total. The predicted octanol–water partition coefficient (Wildman–Crippen LogP) is 5.70. The van der Waals surface area contributed by atoms with Crippen LogP contribution in [0.4, 0.5) is 0 Å². The fourth-order valence-electron chi connectivity index (χ4n) is 13.4. The Balaban J connectivity index is 1.01. The van der Waals surface area contributed by atoms with Gasteiger partial charge in [-0.15, -0.1) is 15.3 Å². The summed E-state index contributed by atoms with van der Waals surface area (Å²) in [6.45, 7) is 3.40. The number of aryl methyl sites for hydroxylation is 6. The second-order valence-electron chi connectivity index (χ2n) is 33.2. The lowest BCUT2D eigenvalue weighted by Gasteiger charge is -2.19. The predicted molar refractivity (Wildman–Crippen MR) is 527 cm³/mol. The van der Waals surface area contributed by atoms with Gasteiger partial charge in [-0.05, 0) is 190 Å². The van der Waals surface area contributed by atoms with Gasteiger partial charge in [0, 0.05) is 86.7 Å². The van der Waals surface area contributed by atoms with E-state index in [9.17, 15) is 123 Å². The van der Waals surface area contributed by atoms with Gasteiger partial charge < -0.3 is 78.1 Å². The molecule has 4 amide bonds. The molecule has 0 saturated heterocycles. The molecule has 3 aromatic heterocycles. The highest BCUT2D eigenvalue weighted by Crippen LogP contribution is 2.44. The van der Waals surface area contributed by atoms with Gasteiger partial charge in [0.2, 0.25) is 23.0 Å². The van der Waals surface area contributed by atoms with Crippen LogP contribution in [-0.2, 0) is 120 Å². The number of nitrogens with one attached hydrogen (secondary N) is 4. The number of carbonyl (C=O) groups is 4. The Bertz CT molecular complexity index is 6150. The molecule has 12 N–H and O–H groups in total. The Labute approximate surface area is 853 Å². The van der Waals surface area contributed by atoms with Crippen molar-refractivity contribution in [1.29, 1.82) is 0 Å². The van der Waals surface area contributed by atoms with Crippen LogP contribution in [0.5, 0.6) is 69.0 Å². The average Bonchev–Trinajstić information content (AvgIpc) is 1.10. The fourth-order valence-corrected chi connectivity index (χ4v) is 17.2. The summed E-state index contributed by atoms with van der Waals surface area (Å²) in [5.41, 5.74) is 2.01. The zero-order valence-electron chi connectivity index (χ0n) is 81.1. The number of rotatable bonds is 80. The monoisotopic (exact) mass is 2240 g/mol. The van der Waals surface area contributed by atoms with E-state index in [-0.39, 0.29) is 255 Å². The van der Waals surface area contributed by atoms with Gasteiger partial charge in [-0.1, -0.05) is 35.9 Å². The number of unbranched alkanes of at least 4 members (excludes halogenated alkanes) is 4. The molecule has 0 bridgehead atoms. The number of hydrogen-bond donors (Lipinski definition) is 12. The Morgan fingerprint density at radius 3 is 0.626 bits per heavy atom. The van der Waals surface area contributed by atoms with Crippen LogP contribution in [-0.4, -0.2) is 324 Å². The quantitative estimate of drug-likeness (QED) is 0.0161. The Kier molecular flexibility index (Phi) is 51.8. The summed E-state index contributed by atoms with van der Waals surface area (Å²) < 4.78 is 334. The SMILES string of the molecule is CCCCOc1c(OCCCS(=O)(=O)O)cc(C(=O)NCCCn2cc(CCCCOc3cc(C(=O)NCCC)cc(OCCCCc4cn(CCCNC(=O)c5cc(OCCCS(=O)(=O)O)c(OCCCS(=O)(=O)O)c(OCCCS(=O)(=O)O)c5)nn4)c3OCCCCc3cn(CCCNC(=O)c4cc(OCCCS(=O)(=O)O)c(OCCCS(=O)(=O)O)c(OCCCS(=O)(=O)O)c4)nn3)nn2)cc1OCCCS(=O)(=O)O. The summed E-state index contributed by atoms with van der Waals surface area (Å²) in [4.78, 5) is 55.1. The molecule has 61 heteroatoms. The first-order chi connectivity index (χ1) is 69.5. The van der Waals surface area contributed by atoms with E-state index in [0.29, 0.717) is 120 Å². The highest BCUT2D eigenvalue weighted by Gasteiger charge is 2.28. The van der Waals surface area contributed by atoms with Crippen molar-refractivity contribution in [3.63, 3.8) is 0 Å². The van der Waals surface area contributed by atoms with Crippen molar-refractivity contribution in [3.8, 4) is 69.0 Å². The standard InChI is InChI=1S/C86H129N13O40S8/c1-3-5-33-136-79-73(130-37-15-45-140(104,105)106)55-65(56-74(79)131-38-16-46-141(107,108)109)84(101)88-27-12-30-97-61-68(91-94-97)23-6-9-34-128-71-53-64(83(100)87-26-4-2)54-72(129-35-10-7-24-69-62-98(95-92-69)31-13-28-89-85(102)66-57-75(132-39-17-47-142(110,111)112)81(138-43-21-51-146(122,123)124)76(58-66)133-40-18-48-143(113,114)115)80(71)137-36-11-8-25-70-63-99(96-93-70)32-14-29-90-86(103)67-59-77(134-41-19-49-144(116,117)118)82(139-44-22-52-147(125,126)127)78(60-67)135-42-20-50-145(119,120)121/h53-63H,3-52H2,1-2H3,(H,87,100)(H,88,101)(H,89,102)(H,90,103)(H,104,105,106)(H,107,108,109)(H,110,111,112)(H,113,114,115)(H,116,117,118)(H,119,120,121)(H,122,123,124)(H,125,126,127). The third-order valence-corrected chi connectivity index (χ3v) is 26.8. The molecule has 0 atom stereocenters. The molecule has 0 spiro atoms. The Morgan fingerprint density at radius 1 is 0.245 bits per heavy atom. The number of ether oxygens (including phenoxy) is 12. The van der Waals surface area contributed by atoms with Crippen molar-refractivity contribution < 1.29 is 180 Å². The van der Waals surface area contributed by atoms with Gasteiger partial charge in [0.15, 0.2) is 46.0 Å². The highest BCUT2D eigenvalue weighted by molar-refractivity contribution is 7.87. The maximum absolute atomic E-state index is 13.9. The van der Waals surface area contributed by atoms with Gasteiger partial charge in [-0.2, -0.15) is 67.3 Å². The summed E-state index contributed by atoms with van der Waals surface area (Å²) in [7, 11) is -35.1. The van der Waals surface area contributed by atoms with Gasteiger partial charge in [0.1, 0.15) is 0 Å². The largest absolute Gasteiger partial charge is 0.490 e. The van der Waals surface area contributed by atoms with Crippen LogP contribution in [0.2, 0.25) is 0 Å². The lowest BCUT2D eigenvalue weighted by Crippen LogP contribution is -2.25. The maximum Gasteiger partial charge on any atom is 0.264 e. The maximum atomic E-state index is 13.9. The van der Waals surface area contributed by atoms with E-state index in [4.69, 9.17) is 56.8 Å². The molecular formula is C86H129N13O40S8. The van der Waals surface area contributed by atoms with Crippen LogP contribution in [0, 0.1) is 0 Å². The summed E-state index contributed by atoms with van der Waals surface area (Å²) in [6, 6.07) is 10.8. The molecule has 0 aliphatic carbocycles. The van der Waals surface area contributed by atoms with E-state index in [2.05, 4.69) is 52.2 Å². The number of nitrogens with zero attached hydrogens (tertiary/aromatic N) is 9. The molecule has 0 unspecified atom stereocenters. The molecular weight excluding hydrogens is 2110 g/mol. The molecule has 0 saturated carbocycles. The molecule has 147 heavy (non-hydrogen) atoms. The van der Waals surface area contributed by atoms with Gasteiger partial charge in [-0.3, -0.25) is 69.6 Å². The molecule has 7 rings (SSSR count). The van der Waals surface area contributed by atoms with Gasteiger partial charge in [-0.25, -0.2) is 0 Å². The lowest BCUT2D eigenvalue weighted by molar-refractivity contribution is 0.0943. The van der Waals surface area contributed by atoms with Gasteiger partial charge >= 0.3 is 0 Å². The number of carbonyl (C=O) groups excluding carboxylic acids is 4. The topological polar surface area (TPSA) is 754 Å². The molecule has 0 fully saturated rings. The van der Waals surface area contributed by atoms with Crippen molar-refractivity contribution in [2.24, 2.45) is 0 Å². The van der Waals surface area contributed by atoms with Crippen molar-refractivity contribution in [3.05, 3.63) is 106 Å². The first-order valence-corrected chi connectivity index (χ1v) is 60.0. The van der Waals surface area contributed by atoms with E-state index in [0.717, 1.165) is 6.42 Å². The minimum atomic E-state index is -4.41. The number of aromatic nitrogens is 9. The van der Waals surface area contributed by atoms with Gasteiger partial charge in [0.25, 0.3) is 105 Å². The first-order valence-electron chi connectivity index (χ1n) is 47.1. The summed E-state index contributed by atoms with van der Waals surface area (Å²) >= 11 is 0. The smallest absolute Gasteiger partial charge is 0.264 e. The zero-order chi connectivity index (χ0) is 108. The van der Waals surface area contributed by atoms with Crippen LogP contribution in [0.3, 0.4) is 0 Å². The fraction of sp³-hybridized carbons (Fsp3) is 0.605. The van der Waals surface area contributed by atoms with E-state index in [1.165, 1.54) is 36.4 Å². The van der Waals surface area contributed by atoms with E-state index in [1.54, 1.807) is 44.8 Å². The van der Waals surface area contributed by atoms with Crippen LogP contribution < -0.4 is 78.1 Å². The van der Waals surface area contributed by atoms with Gasteiger partial charge in [0.05, 0.1) is 142 Å². The molecule has 0 radical (unpaired) electrons. The highest BCUT2D eigenvalue weighted by atomic mass is 32.2. The van der Waals surface area contributed by atoms with Crippen molar-refractivity contribution >= 4 is 105 Å². The third kappa shape index (κ3) is 52.2. The summed E-state index contributed by atoms with van der Waals surface area (Å²) in [6.07, 6.45) is 11.0. The summed E-state index contributed by atoms with van der Waals surface area (Å²) in [5, 5.41) is 37.1. The number of amides is 4. The molecule has 3 heterocycles. The van der Waals surface area contributed by atoms with Crippen molar-refractivity contribution in [1.82, 2.24) is 66.2 Å². The molecule has 826 valence electrons. The average molecular weight is 2240 g/mol. The Morgan fingerprint density at radius 2 is 0.429 bits per heavy atom. The molecule has 0 aliphatic rings. The zero-order valence-corrected chi connectivity index (χ0v) is 87.7. The van der Waals surface area contributed by atoms with E-state index >= 15 is 0 Å². The lowest BCUT2D eigenvalue weighted by atomic mass is 10.1. The Hall–Kier alpha value is -10.9. The van der Waals surface area contributed by atoms with Crippen LogP contribution in [0.25, 0.3) is 0 Å². The van der Waals surface area contributed by atoms with Crippen molar-refractivity contribution in [2.45, 2.75) is 181 Å². The van der Waals surface area contributed by atoms with E-state index < -0.39 is 151 Å². The second-order valence-corrected chi connectivity index (χ2v) is 45.8. The second kappa shape index (κ2) is 61.9. The van der Waals surface area contributed by atoms with Crippen LogP contribution in [0.15, 0.2) is 67.1 Å². The van der Waals surface area contributed by atoms with E-state index in [1.807, 2.05) is 13.8 Å². The first kappa shape index (κ1) is 123. The van der Waals surface area contributed by atoms with Crippen LogP contribution in [0.1, 0.15) is 201 Å². The number of hydrogen-bond acceptors (Lipinski definition) is 38. The van der Waals surface area contributed by atoms with Crippen molar-refractivity contribution in [2.75, 3.05) is 151 Å². The molecule has 4 aromatic carbocycles. The number of benzene rings is 4. The third-order valence-electron chi connectivity index (χ3n) is 20.4. The minimum Gasteiger partial charge on any atom is -0.490 e. The normalized spacial score (nSPS) is 12.1. The molecule has 0 aliphatic heterocycles. The summed E-state index contributed by atoms with van der Waals surface area (Å²) in [5.74, 6) is -8.13. The minimum absolute atomic E-state index is 0.0190. The van der Waals surface area contributed by atoms with Crippen LogP contribution >= 0.6 is 0 Å². The molecule has 7 aromatic rings.